The van der Waals surface area contributed by atoms with E-state index in [0.29, 0.717) is 24.0 Å². The lowest BCUT2D eigenvalue weighted by Crippen LogP contribution is -2.03. The van der Waals surface area contributed by atoms with Crippen LogP contribution in [0.5, 0.6) is 0 Å². The molecule has 0 fully saturated rings. The van der Waals surface area contributed by atoms with Crippen LogP contribution in [0.1, 0.15) is 22.9 Å². The summed E-state index contributed by atoms with van der Waals surface area (Å²) in [5, 5.41) is 7.95. The number of para-hydroxylation sites is 2. The SMILES string of the molecule is O=C(CCc1nnc(-c2cccnc2)o1)c1nc2ccccc2[nH]1. The summed E-state index contributed by atoms with van der Waals surface area (Å²) in [7, 11) is 0. The fourth-order valence-corrected chi connectivity index (χ4v) is 2.38. The Morgan fingerprint density at radius 3 is 2.88 bits per heavy atom. The molecule has 0 unspecified atom stereocenters. The van der Waals surface area contributed by atoms with E-state index in [1.54, 1.807) is 18.5 Å². The van der Waals surface area contributed by atoms with Gasteiger partial charge in [-0.05, 0) is 24.3 Å². The van der Waals surface area contributed by atoms with Crippen molar-refractivity contribution in [3.63, 3.8) is 0 Å². The summed E-state index contributed by atoms with van der Waals surface area (Å²) in [6.07, 6.45) is 3.93. The number of rotatable bonds is 5. The Morgan fingerprint density at radius 2 is 2.04 bits per heavy atom. The first-order valence-electron chi connectivity index (χ1n) is 7.50. The van der Waals surface area contributed by atoms with Crippen molar-refractivity contribution in [2.75, 3.05) is 0 Å². The van der Waals surface area contributed by atoms with Gasteiger partial charge in [0.2, 0.25) is 11.8 Å². The van der Waals surface area contributed by atoms with Crippen molar-refractivity contribution in [3.05, 3.63) is 60.5 Å². The Labute approximate surface area is 136 Å². The summed E-state index contributed by atoms with van der Waals surface area (Å²) >= 11 is 0. The van der Waals surface area contributed by atoms with Crippen LogP contribution in [0.2, 0.25) is 0 Å². The van der Waals surface area contributed by atoms with E-state index in [9.17, 15) is 4.79 Å². The summed E-state index contributed by atoms with van der Waals surface area (Å²) in [5.41, 5.74) is 2.37. The van der Waals surface area contributed by atoms with Crippen molar-refractivity contribution in [1.29, 1.82) is 0 Å². The van der Waals surface area contributed by atoms with Gasteiger partial charge in [-0.2, -0.15) is 0 Å². The lowest BCUT2D eigenvalue weighted by Gasteiger charge is -1.94. The zero-order valence-electron chi connectivity index (χ0n) is 12.6. The van der Waals surface area contributed by atoms with Crippen LogP contribution in [0.25, 0.3) is 22.5 Å². The molecule has 7 heteroatoms. The second-order valence-electron chi connectivity index (χ2n) is 5.27. The van der Waals surface area contributed by atoms with Gasteiger partial charge in [0.15, 0.2) is 11.6 Å². The fraction of sp³-hybridized carbons (Fsp3) is 0.118. The number of H-pyrrole nitrogens is 1. The van der Waals surface area contributed by atoms with E-state index in [0.717, 1.165) is 16.6 Å². The molecule has 24 heavy (non-hydrogen) atoms. The minimum absolute atomic E-state index is 0.0904. The van der Waals surface area contributed by atoms with E-state index in [-0.39, 0.29) is 12.2 Å². The van der Waals surface area contributed by atoms with E-state index in [1.807, 2.05) is 30.3 Å². The topological polar surface area (TPSA) is 97.6 Å². The van der Waals surface area contributed by atoms with Crippen molar-refractivity contribution >= 4 is 16.8 Å². The number of pyridine rings is 1. The van der Waals surface area contributed by atoms with E-state index < -0.39 is 0 Å². The molecule has 4 rings (SSSR count). The van der Waals surface area contributed by atoms with Gasteiger partial charge in [-0.25, -0.2) is 4.98 Å². The Hall–Kier alpha value is -3.35. The average molecular weight is 319 g/mol. The van der Waals surface area contributed by atoms with Gasteiger partial charge in [-0.15, -0.1) is 10.2 Å². The van der Waals surface area contributed by atoms with Crippen LogP contribution in [0.4, 0.5) is 0 Å². The number of nitrogens with zero attached hydrogens (tertiary/aromatic N) is 4. The van der Waals surface area contributed by atoms with E-state index in [4.69, 9.17) is 4.42 Å². The fourth-order valence-electron chi connectivity index (χ4n) is 2.38. The first-order valence-corrected chi connectivity index (χ1v) is 7.50. The summed E-state index contributed by atoms with van der Waals surface area (Å²) in [5.74, 6) is 1.07. The number of aromatic amines is 1. The zero-order valence-corrected chi connectivity index (χ0v) is 12.6. The Bertz CT molecular complexity index is 957. The van der Waals surface area contributed by atoms with Gasteiger partial charge in [0.05, 0.1) is 16.6 Å². The van der Waals surface area contributed by atoms with Gasteiger partial charge in [0.25, 0.3) is 0 Å². The van der Waals surface area contributed by atoms with Crippen LogP contribution >= 0.6 is 0 Å². The second kappa shape index (κ2) is 6.04. The number of benzene rings is 1. The summed E-state index contributed by atoms with van der Waals surface area (Å²) in [6.45, 7) is 0. The smallest absolute Gasteiger partial charge is 0.249 e. The lowest BCUT2D eigenvalue weighted by molar-refractivity contribution is 0.0971. The molecule has 118 valence electrons. The summed E-state index contributed by atoms with van der Waals surface area (Å²) in [4.78, 5) is 23.6. The molecule has 0 spiro atoms. The number of carbonyl (C=O) groups excluding carboxylic acids is 1. The largest absolute Gasteiger partial charge is 0.421 e. The quantitative estimate of drug-likeness (QED) is 0.568. The highest BCUT2D eigenvalue weighted by molar-refractivity contribution is 5.95. The molecule has 0 aliphatic rings. The standard InChI is InChI=1S/C17H13N5O2/c23-14(16-19-12-5-1-2-6-13(12)20-16)7-8-15-21-22-17(24-15)11-4-3-9-18-10-11/h1-6,9-10H,7-8H2,(H,19,20). The molecule has 0 aliphatic heterocycles. The summed E-state index contributed by atoms with van der Waals surface area (Å²) < 4.78 is 5.57. The Kier molecular flexibility index (Phi) is 3.59. The van der Waals surface area contributed by atoms with Gasteiger partial charge < -0.3 is 9.40 Å². The highest BCUT2D eigenvalue weighted by Crippen LogP contribution is 2.17. The van der Waals surface area contributed by atoms with Gasteiger partial charge in [-0.1, -0.05) is 12.1 Å². The summed E-state index contributed by atoms with van der Waals surface area (Å²) in [6, 6.07) is 11.2. The molecule has 0 saturated carbocycles. The Balaban J connectivity index is 1.45. The molecule has 1 N–H and O–H groups in total. The van der Waals surface area contributed by atoms with Crippen LogP contribution in [-0.2, 0) is 6.42 Å². The number of hydrogen-bond donors (Lipinski definition) is 1. The Morgan fingerprint density at radius 1 is 1.12 bits per heavy atom. The monoisotopic (exact) mass is 319 g/mol. The van der Waals surface area contributed by atoms with Gasteiger partial charge in [-0.3, -0.25) is 9.78 Å². The molecule has 0 aliphatic carbocycles. The molecule has 0 saturated heterocycles. The molecule has 3 heterocycles. The third-order valence-electron chi connectivity index (χ3n) is 3.59. The number of Topliss-reactive ketones (excluding diaryl/α,β-unsaturated/α-hetero) is 1. The van der Waals surface area contributed by atoms with Crippen LogP contribution in [0, 0.1) is 0 Å². The molecule has 0 atom stereocenters. The van der Waals surface area contributed by atoms with E-state index in [1.165, 1.54) is 0 Å². The molecular weight excluding hydrogens is 306 g/mol. The zero-order chi connectivity index (χ0) is 16.4. The number of carbonyl (C=O) groups is 1. The normalized spacial score (nSPS) is 11.0. The molecule has 0 amide bonds. The predicted molar refractivity (Wildman–Crippen MR) is 86.3 cm³/mol. The number of imidazole rings is 1. The molecule has 0 radical (unpaired) electrons. The third kappa shape index (κ3) is 2.79. The first kappa shape index (κ1) is 14.3. The van der Waals surface area contributed by atoms with Crippen LogP contribution in [0.3, 0.4) is 0 Å². The molecule has 1 aromatic carbocycles. The molecule has 4 aromatic rings. The van der Waals surface area contributed by atoms with Crippen LogP contribution in [0.15, 0.2) is 53.2 Å². The molecule has 0 bridgehead atoms. The predicted octanol–water partition coefficient (Wildman–Crippen LogP) is 2.82. The number of hydrogen-bond acceptors (Lipinski definition) is 6. The first-order chi connectivity index (χ1) is 11.8. The number of ketones is 1. The third-order valence-corrected chi connectivity index (χ3v) is 3.59. The number of nitrogens with one attached hydrogen (secondary N) is 1. The highest BCUT2D eigenvalue weighted by Gasteiger charge is 2.14. The minimum atomic E-state index is -0.0904. The van der Waals surface area contributed by atoms with Crippen LogP contribution < -0.4 is 0 Å². The maximum absolute atomic E-state index is 12.3. The highest BCUT2D eigenvalue weighted by atomic mass is 16.4. The van der Waals surface area contributed by atoms with Gasteiger partial charge in [0, 0.05) is 25.2 Å². The van der Waals surface area contributed by atoms with Crippen LogP contribution in [-0.4, -0.2) is 30.9 Å². The van der Waals surface area contributed by atoms with Crippen molar-refractivity contribution in [1.82, 2.24) is 25.1 Å². The van der Waals surface area contributed by atoms with Crippen molar-refractivity contribution in [2.45, 2.75) is 12.8 Å². The van der Waals surface area contributed by atoms with E-state index >= 15 is 0 Å². The molecular formula is C17H13N5O2. The van der Waals surface area contributed by atoms with Gasteiger partial charge >= 0.3 is 0 Å². The average Bonchev–Trinajstić information content (AvgIpc) is 3.27. The molecule has 7 nitrogen and oxygen atoms in total. The maximum Gasteiger partial charge on any atom is 0.249 e. The van der Waals surface area contributed by atoms with Gasteiger partial charge in [0.1, 0.15) is 0 Å². The molecule has 3 aromatic heterocycles. The van der Waals surface area contributed by atoms with Crippen molar-refractivity contribution < 1.29 is 9.21 Å². The number of aryl methyl sites for hydroxylation is 1. The minimum Gasteiger partial charge on any atom is -0.421 e. The van der Waals surface area contributed by atoms with Crippen molar-refractivity contribution in [3.8, 4) is 11.5 Å². The van der Waals surface area contributed by atoms with Crippen molar-refractivity contribution in [2.24, 2.45) is 0 Å². The maximum atomic E-state index is 12.3. The number of aromatic nitrogens is 5. The lowest BCUT2D eigenvalue weighted by atomic mass is 10.2. The second-order valence-corrected chi connectivity index (χ2v) is 5.27. The van der Waals surface area contributed by atoms with E-state index in [2.05, 4.69) is 25.1 Å². The number of fused-ring (bicyclic) bond motifs is 1.